The zero-order valence-electron chi connectivity index (χ0n) is 26.1. The SMILES string of the molecule is C#Cc1ccc(NC(=O)[C@@](C)(O)CS(=O)(=O)CCOCCCC(=O)c2cc(Cc3n[nH]c(=O)c4ccccc34)ccc2F)cc1C(F)(F)F. The van der Waals surface area contributed by atoms with Gasteiger partial charge in [0.15, 0.2) is 21.2 Å². The highest BCUT2D eigenvalue weighted by atomic mass is 32.2. The van der Waals surface area contributed by atoms with Gasteiger partial charge in [-0.05, 0) is 55.3 Å². The van der Waals surface area contributed by atoms with Crippen molar-refractivity contribution in [2.45, 2.75) is 38.0 Å². The number of carbonyl (C=O) groups excluding carboxylic acids is 2. The topological polar surface area (TPSA) is 156 Å². The molecular weight excluding hydrogens is 670 g/mol. The average Bonchev–Trinajstić information content (AvgIpc) is 3.04. The molecular formula is C34H31F4N3O7S. The molecule has 0 saturated heterocycles. The molecule has 15 heteroatoms. The van der Waals surface area contributed by atoms with Crippen LogP contribution in [0.3, 0.4) is 0 Å². The van der Waals surface area contributed by atoms with Gasteiger partial charge in [0.2, 0.25) is 0 Å². The molecule has 0 fully saturated rings. The molecule has 0 aliphatic rings. The number of hydrogen-bond acceptors (Lipinski definition) is 8. The summed E-state index contributed by atoms with van der Waals surface area (Å²) in [6, 6.07) is 13.6. The molecule has 0 unspecified atom stereocenters. The molecule has 0 aliphatic heterocycles. The number of terminal acetylenes is 1. The minimum Gasteiger partial charge on any atom is -0.380 e. The number of carbonyl (C=O) groups is 2. The van der Waals surface area contributed by atoms with E-state index in [1.165, 1.54) is 18.2 Å². The van der Waals surface area contributed by atoms with Gasteiger partial charge in [-0.2, -0.15) is 18.3 Å². The van der Waals surface area contributed by atoms with Crippen LogP contribution >= 0.6 is 0 Å². The second-order valence-electron chi connectivity index (χ2n) is 11.4. The number of anilines is 1. The van der Waals surface area contributed by atoms with Crippen LogP contribution in [0.25, 0.3) is 10.8 Å². The van der Waals surface area contributed by atoms with Crippen molar-refractivity contribution in [2.24, 2.45) is 0 Å². The maximum Gasteiger partial charge on any atom is 0.417 e. The Kier molecular flexibility index (Phi) is 11.4. The van der Waals surface area contributed by atoms with Gasteiger partial charge in [0, 0.05) is 36.1 Å². The number of nitrogens with zero attached hydrogens (tertiary/aromatic N) is 1. The normalized spacial score (nSPS) is 13.1. The third-order valence-electron chi connectivity index (χ3n) is 7.44. The van der Waals surface area contributed by atoms with Gasteiger partial charge >= 0.3 is 6.18 Å². The lowest BCUT2D eigenvalue weighted by atomic mass is 9.99. The summed E-state index contributed by atoms with van der Waals surface area (Å²) in [5, 5.41) is 20.2. The molecule has 1 aromatic heterocycles. The lowest BCUT2D eigenvalue weighted by molar-refractivity contribution is -0.137. The monoisotopic (exact) mass is 701 g/mol. The summed E-state index contributed by atoms with van der Waals surface area (Å²) in [6.07, 6.45) is 0.528. The van der Waals surface area contributed by atoms with Crippen molar-refractivity contribution < 1.29 is 45.4 Å². The van der Waals surface area contributed by atoms with Gasteiger partial charge in [0.25, 0.3) is 11.5 Å². The number of sulfone groups is 1. The van der Waals surface area contributed by atoms with Crippen LogP contribution in [0.4, 0.5) is 23.2 Å². The molecule has 0 radical (unpaired) electrons. The fourth-order valence-electron chi connectivity index (χ4n) is 4.97. The standard InChI is InChI=1S/C34H31F4N3O7S/c1-3-22-11-12-23(19-27(22)34(36,37)38)39-32(44)33(2,45)20-49(46,47)16-15-48-14-6-9-30(42)26-17-21(10-13-28(26)35)18-29-24-7-4-5-8-25(24)31(43)41-40-29/h1,4-5,7-8,10-13,17,19,45H,6,9,14-16,18,20H2,2H3,(H,39,44)(H,41,43)/t33-/m0/s1. The molecule has 3 N–H and O–H groups in total. The van der Waals surface area contributed by atoms with Gasteiger partial charge in [0.1, 0.15) is 5.82 Å². The second kappa shape index (κ2) is 15.1. The van der Waals surface area contributed by atoms with E-state index in [-0.39, 0.29) is 49.3 Å². The number of aromatic nitrogens is 2. The number of halogens is 4. The predicted molar refractivity (Wildman–Crippen MR) is 173 cm³/mol. The minimum atomic E-state index is -4.82. The van der Waals surface area contributed by atoms with Crippen LogP contribution in [0.15, 0.2) is 65.5 Å². The van der Waals surface area contributed by atoms with Gasteiger partial charge < -0.3 is 15.2 Å². The Morgan fingerprint density at radius 2 is 1.78 bits per heavy atom. The average molecular weight is 702 g/mol. The summed E-state index contributed by atoms with van der Waals surface area (Å²) >= 11 is 0. The van der Waals surface area contributed by atoms with Crippen LogP contribution < -0.4 is 10.9 Å². The van der Waals surface area contributed by atoms with E-state index in [0.717, 1.165) is 19.1 Å². The Balaban J connectivity index is 1.25. The number of rotatable bonds is 14. The third kappa shape index (κ3) is 9.59. The highest BCUT2D eigenvalue weighted by Gasteiger charge is 2.37. The molecule has 4 aromatic rings. The summed E-state index contributed by atoms with van der Waals surface area (Å²) in [5.41, 5.74) is -3.86. The molecule has 258 valence electrons. The maximum atomic E-state index is 14.6. The van der Waals surface area contributed by atoms with E-state index in [0.29, 0.717) is 28.1 Å². The summed E-state index contributed by atoms with van der Waals surface area (Å²) in [5.74, 6) is -2.25. The Bertz CT molecular complexity index is 2090. The smallest absolute Gasteiger partial charge is 0.380 e. The minimum absolute atomic E-state index is 0.0536. The van der Waals surface area contributed by atoms with Crippen molar-refractivity contribution in [3.8, 4) is 12.3 Å². The number of nitrogens with one attached hydrogen (secondary N) is 2. The molecule has 3 aromatic carbocycles. The number of benzene rings is 3. The number of ether oxygens (including phenoxy) is 1. The van der Waals surface area contributed by atoms with E-state index < -0.39 is 61.8 Å². The van der Waals surface area contributed by atoms with E-state index in [4.69, 9.17) is 11.2 Å². The van der Waals surface area contributed by atoms with Crippen LogP contribution in [0.1, 0.15) is 52.5 Å². The number of fused-ring (bicyclic) bond motifs is 1. The Hall–Kier alpha value is -4.91. The van der Waals surface area contributed by atoms with Gasteiger partial charge in [-0.1, -0.05) is 30.2 Å². The van der Waals surface area contributed by atoms with Crippen molar-refractivity contribution in [1.29, 1.82) is 0 Å². The Morgan fingerprint density at radius 1 is 1.06 bits per heavy atom. The van der Waals surface area contributed by atoms with Crippen molar-refractivity contribution >= 4 is 38.0 Å². The summed E-state index contributed by atoms with van der Waals surface area (Å²) in [4.78, 5) is 37.4. The quantitative estimate of drug-likeness (QED) is 0.0755. The molecule has 49 heavy (non-hydrogen) atoms. The third-order valence-corrected chi connectivity index (χ3v) is 9.23. The molecule has 0 bridgehead atoms. The first-order chi connectivity index (χ1) is 23.0. The Morgan fingerprint density at radius 3 is 2.47 bits per heavy atom. The van der Waals surface area contributed by atoms with E-state index in [1.54, 1.807) is 24.3 Å². The van der Waals surface area contributed by atoms with Gasteiger partial charge in [-0.15, -0.1) is 6.42 Å². The molecule has 1 atom stereocenters. The highest BCUT2D eigenvalue weighted by molar-refractivity contribution is 7.91. The largest absolute Gasteiger partial charge is 0.417 e. The zero-order chi connectivity index (χ0) is 36.0. The van der Waals surface area contributed by atoms with Crippen LogP contribution in [-0.2, 0) is 32.0 Å². The first-order valence-electron chi connectivity index (χ1n) is 14.8. The molecule has 4 rings (SSSR count). The number of aliphatic hydroxyl groups is 1. The van der Waals surface area contributed by atoms with Crippen molar-refractivity contribution in [3.05, 3.63) is 105 Å². The first kappa shape index (κ1) is 36.9. The number of ketones is 1. The predicted octanol–water partition coefficient (Wildman–Crippen LogP) is 4.44. The van der Waals surface area contributed by atoms with E-state index in [1.807, 2.05) is 5.92 Å². The number of aromatic amines is 1. The number of H-pyrrole nitrogens is 1. The fraction of sp³-hybridized carbons (Fsp3) is 0.294. The summed E-state index contributed by atoms with van der Waals surface area (Å²) in [7, 11) is -4.10. The maximum absolute atomic E-state index is 14.6. The molecule has 0 aliphatic carbocycles. The number of amides is 1. The number of hydrogen-bond donors (Lipinski definition) is 3. The summed E-state index contributed by atoms with van der Waals surface area (Å²) < 4.78 is 84.9. The van der Waals surface area contributed by atoms with E-state index in [2.05, 4.69) is 15.5 Å². The van der Waals surface area contributed by atoms with Crippen molar-refractivity contribution in [1.82, 2.24) is 10.2 Å². The first-order valence-corrected chi connectivity index (χ1v) is 16.6. The van der Waals surface area contributed by atoms with Gasteiger partial charge in [0.05, 0.1) is 40.3 Å². The molecule has 0 saturated carbocycles. The highest BCUT2D eigenvalue weighted by Crippen LogP contribution is 2.33. The Labute approximate surface area is 278 Å². The van der Waals surface area contributed by atoms with Gasteiger partial charge in [-0.3, -0.25) is 14.4 Å². The van der Waals surface area contributed by atoms with Crippen LogP contribution in [-0.4, -0.2) is 65.7 Å². The number of Topliss-reactive ketones (excluding diaryl/α,β-unsaturated/α-hetero) is 1. The van der Waals surface area contributed by atoms with Crippen molar-refractivity contribution in [2.75, 3.05) is 30.0 Å². The number of alkyl halides is 3. The molecule has 10 nitrogen and oxygen atoms in total. The molecule has 1 amide bonds. The fourth-order valence-corrected chi connectivity index (χ4v) is 6.47. The zero-order valence-corrected chi connectivity index (χ0v) is 26.9. The van der Waals surface area contributed by atoms with Crippen LogP contribution in [0, 0.1) is 18.2 Å². The lowest BCUT2D eigenvalue weighted by Gasteiger charge is -2.22. The summed E-state index contributed by atoms with van der Waals surface area (Å²) in [6.45, 7) is 0.503. The molecule has 0 spiro atoms. The second-order valence-corrected chi connectivity index (χ2v) is 13.6. The van der Waals surface area contributed by atoms with E-state index >= 15 is 0 Å². The van der Waals surface area contributed by atoms with Crippen LogP contribution in [0.2, 0.25) is 0 Å². The van der Waals surface area contributed by atoms with Gasteiger partial charge in [-0.25, -0.2) is 17.9 Å². The van der Waals surface area contributed by atoms with Crippen molar-refractivity contribution in [3.63, 3.8) is 0 Å². The lowest BCUT2D eigenvalue weighted by Crippen LogP contribution is -2.46. The van der Waals surface area contributed by atoms with E-state index in [9.17, 15) is 45.5 Å². The van der Waals surface area contributed by atoms with Crippen LogP contribution in [0.5, 0.6) is 0 Å². The molecule has 1 heterocycles.